The van der Waals surface area contributed by atoms with Gasteiger partial charge in [-0.2, -0.15) is 5.26 Å². The minimum atomic E-state index is -0.160. The van der Waals surface area contributed by atoms with Gasteiger partial charge in [0, 0.05) is 12.2 Å². The van der Waals surface area contributed by atoms with Crippen LogP contribution in [0.15, 0.2) is 18.2 Å². The van der Waals surface area contributed by atoms with E-state index in [2.05, 4.69) is 11.4 Å². The largest absolute Gasteiger partial charge is 0.399 e. The maximum atomic E-state index is 9.62. The fourth-order valence-corrected chi connectivity index (χ4v) is 2.51. The molecule has 4 heteroatoms. The summed E-state index contributed by atoms with van der Waals surface area (Å²) in [5.74, 6) is 0.484. The summed E-state index contributed by atoms with van der Waals surface area (Å²) in [6.07, 6.45) is 3.83. The molecule has 0 spiro atoms. The van der Waals surface area contributed by atoms with E-state index in [-0.39, 0.29) is 6.10 Å². The fourth-order valence-electron chi connectivity index (χ4n) is 2.51. The van der Waals surface area contributed by atoms with Crippen molar-refractivity contribution >= 4 is 11.4 Å². The van der Waals surface area contributed by atoms with Crippen LogP contribution in [0.5, 0.6) is 0 Å². The third-order valence-electron chi connectivity index (χ3n) is 3.50. The molecule has 2 atom stereocenters. The Hall–Kier alpha value is -1.73. The minimum absolute atomic E-state index is 0.160. The number of benzene rings is 1. The molecule has 0 aliphatic heterocycles. The average Bonchev–Trinajstić information content (AvgIpc) is 2.37. The molecule has 1 aliphatic carbocycles. The first-order valence-corrected chi connectivity index (χ1v) is 6.40. The highest BCUT2D eigenvalue weighted by Crippen LogP contribution is 2.25. The topological polar surface area (TPSA) is 82.1 Å². The zero-order chi connectivity index (χ0) is 13.0. The third-order valence-corrected chi connectivity index (χ3v) is 3.50. The molecular weight excluding hydrogens is 226 g/mol. The number of hydrogen-bond acceptors (Lipinski definition) is 4. The first kappa shape index (κ1) is 12.7. The molecule has 1 aromatic carbocycles. The maximum Gasteiger partial charge on any atom is 0.101 e. The summed E-state index contributed by atoms with van der Waals surface area (Å²) in [4.78, 5) is 0. The number of nitriles is 1. The van der Waals surface area contributed by atoms with Crippen molar-refractivity contribution in [1.29, 1.82) is 5.26 Å². The van der Waals surface area contributed by atoms with E-state index in [1.165, 1.54) is 0 Å². The predicted molar refractivity (Wildman–Crippen MR) is 72.0 cm³/mol. The van der Waals surface area contributed by atoms with Gasteiger partial charge in [0.15, 0.2) is 0 Å². The number of nitrogen functional groups attached to an aromatic ring is 1. The Balaban J connectivity index is 1.96. The van der Waals surface area contributed by atoms with Gasteiger partial charge in [0.25, 0.3) is 0 Å². The molecule has 4 N–H and O–H groups in total. The summed E-state index contributed by atoms with van der Waals surface area (Å²) in [7, 11) is 0. The fraction of sp³-hybridized carbons (Fsp3) is 0.500. The van der Waals surface area contributed by atoms with Crippen molar-refractivity contribution in [2.45, 2.75) is 31.8 Å². The normalized spacial score (nSPS) is 23.3. The lowest BCUT2D eigenvalue weighted by molar-refractivity contribution is 0.105. The third kappa shape index (κ3) is 3.14. The molecule has 1 saturated carbocycles. The zero-order valence-electron chi connectivity index (χ0n) is 10.4. The van der Waals surface area contributed by atoms with Crippen LogP contribution in [0.25, 0.3) is 0 Å². The van der Waals surface area contributed by atoms with Gasteiger partial charge in [-0.3, -0.25) is 0 Å². The Bertz CT molecular complexity index is 453. The molecule has 96 valence electrons. The van der Waals surface area contributed by atoms with Crippen molar-refractivity contribution in [1.82, 2.24) is 0 Å². The highest BCUT2D eigenvalue weighted by atomic mass is 16.3. The Morgan fingerprint density at radius 2 is 2.28 bits per heavy atom. The maximum absolute atomic E-state index is 9.62. The molecule has 0 amide bonds. The molecule has 1 aliphatic rings. The summed E-state index contributed by atoms with van der Waals surface area (Å²) >= 11 is 0. The molecule has 18 heavy (non-hydrogen) atoms. The van der Waals surface area contributed by atoms with Gasteiger partial charge in [-0.1, -0.05) is 6.42 Å². The first-order valence-electron chi connectivity index (χ1n) is 6.40. The number of nitrogens with zero attached hydrogens (tertiary/aromatic N) is 1. The van der Waals surface area contributed by atoms with E-state index in [0.717, 1.165) is 37.9 Å². The molecule has 2 rings (SSSR count). The quantitative estimate of drug-likeness (QED) is 0.712. The Morgan fingerprint density at radius 3 is 3.00 bits per heavy atom. The van der Waals surface area contributed by atoms with Gasteiger partial charge in [-0.15, -0.1) is 0 Å². The van der Waals surface area contributed by atoms with E-state index in [1.807, 2.05) is 6.07 Å². The van der Waals surface area contributed by atoms with Crippen LogP contribution in [-0.2, 0) is 0 Å². The summed E-state index contributed by atoms with van der Waals surface area (Å²) in [5, 5.41) is 21.9. The van der Waals surface area contributed by atoms with Crippen LogP contribution in [0.2, 0.25) is 0 Å². The van der Waals surface area contributed by atoms with Crippen LogP contribution >= 0.6 is 0 Å². The Morgan fingerprint density at radius 1 is 1.44 bits per heavy atom. The van der Waals surface area contributed by atoms with Crippen LogP contribution in [0, 0.1) is 17.2 Å². The van der Waals surface area contributed by atoms with Crippen molar-refractivity contribution in [3.05, 3.63) is 23.8 Å². The summed E-state index contributed by atoms with van der Waals surface area (Å²) < 4.78 is 0. The molecule has 0 radical (unpaired) electrons. The highest BCUT2D eigenvalue weighted by molar-refractivity contribution is 5.62. The van der Waals surface area contributed by atoms with E-state index in [1.54, 1.807) is 12.1 Å². The molecule has 4 nitrogen and oxygen atoms in total. The van der Waals surface area contributed by atoms with Crippen LogP contribution < -0.4 is 11.1 Å². The monoisotopic (exact) mass is 245 g/mol. The lowest BCUT2D eigenvalue weighted by atomic mass is 9.87. The Labute approximate surface area is 107 Å². The standard InChI is InChI=1S/C14H19N3O/c15-8-11-7-12(16)4-5-14(11)17-9-10-2-1-3-13(18)6-10/h4-5,7,10,13,17-18H,1-3,6,9,16H2. The predicted octanol–water partition coefficient (Wildman–Crippen LogP) is 2.10. The number of anilines is 2. The zero-order valence-corrected chi connectivity index (χ0v) is 10.4. The number of aliphatic hydroxyl groups is 1. The van der Waals surface area contributed by atoms with Gasteiger partial charge in [0.1, 0.15) is 6.07 Å². The lowest BCUT2D eigenvalue weighted by Crippen LogP contribution is -2.25. The second kappa shape index (κ2) is 5.74. The molecule has 0 heterocycles. The van der Waals surface area contributed by atoms with Crippen LogP contribution in [-0.4, -0.2) is 17.8 Å². The van der Waals surface area contributed by atoms with Gasteiger partial charge in [-0.05, 0) is 43.4 Å². The van der Waals surface area contributed by atoms with Gasteiger partial charge in [0.2, 0.25) is 0 Å². The Kier molecular flexibility index (Phi) is 4.06. The SMILES string of the molecule is N#Cc1cc(N)ccc1NCC1CCCC(O)C1. The molecule has 1 aromatic rings. The van der Waals surface area contributed by atoms with E-state index < -0.39 is 0 Å². The summed E-state index contributed by atoms with van der Waals surface area (Å²) in [6.45, 7) is 0.801. The van der Waals surface area contributed by atoms with Crippen molar-refractivity contribution in [2.24, 2.45) is 5.92 Å². The second-order valence-electron chi connectivity index (χ2n) is 4.98. The molecule has 0 aromatic heterocycles. The van der Waals surface area contributed by atoms with Crippen LogP contribution in [0.3, 0.4) is 0 Å². The average molecular weight is 245 g/mol. The van der Waals surface area contributed by atoms with Crippen LogP contribution in [0.4, 0.5) is 11.4 Å². The molecule has 0 saturated heterocycles. The highest BCUT2D eigenvalue weighted by Gasteiger charge is 2.20. The van der Waals surface area contributed by atoms with Crippen molar-refractivity contribution < 1.29 is 5.11 Å². The van der Waals surface area contributed by atoms with Crippen molar-refractivity contribution in [3.8, 4) is 6.07 Å². The van der Waals surface area contributed by atoms with E-state index in [4.69, 9.17) is 11.0 Å². The van der Waals surface area contributed by atoms with Gasteiger partial charge in [0.05, 0.1) is 17.4 Å². The minimum Gasteiger partial charge on any atom is -0.399 e. The van der Waals surface area contributed by atoms with Crippen molar-refractivity contribution in [2.75, 3.05) is 17.6 Å². The van der Waals surface area contributed by atoms with E-state index in [9.17, 15) is 5.11 Å². The smallest absolute Gasteiger partial charge is 0.101 e. The van der Waals surface area contributed by atoms with Gasteiger partial charge in [-0.25, -0.2) is 0 Å². The molecular formula is C14H19N3O. The first-order chi connectivity index (χ1) is 8.69. The summed E-state index contributed by atoms with van der Waals surface area (Å²) in [5.41, 5.74) is 7.65. The number of nitrogens with one attached hydrogen (secondary N) is 1. The number of nitrogens with two attached hydrogens (primary N) is 1. The van der Waals surface area contributed by atoms with Crippen molar-refractivity contribution in [3.63, 3.8) is 0 Å². The van der Waals surface area contributed by atoms with E-state index in [0.29, 0.717) is 17.2 Å². The molecule has 0 bridgehead atoms. The molecule has 2 unspecified atom stereocenters. The van der Waals surface area contributed by atoms with Gasteiger partial charge < -0.3 is 16.2 Å². The molecule has 1 fully saturated rings. The summed E-state index contributed by atoms with van der Waals surface area (Å²) in [6, 6.07) is 7.45. The van der Waals surface area contributed by atoms with Gasteiger partial charge >= 0.3 is 0 Å². The van der Waals surface area contributed by atoms with Crippen LogP contribution in [0.1, 0.15) is 31.2 Å². The number of hydrogen-bond donors (Lipinski definition) is 3. The lowest BCUT2D eigenvalue weighted by Gasteiger charge is -2.26. The number of aliphatic hydroxyl groups excluding tert-OH is 1. The number of rotatable bonds is 3. The van der Waals surface area contributed by atoms with E-state index >= 15 is 0 Å². The second-order valence-corrected chi connectivity index (χ2v) is 4.98.